The van der Waals surface area contributed by atoms with E-state index in [1.165, 1.54) is 6.07 Å². The van der Waals surface area contributed by atoms with Crippen LogP contribution >= 0.6 is 0 Å². The third-order valence-corrected chi connectivity index (χ3v) is 4.99. The highest BCUT2D eigenvalue weighted by atomic mass is 16.2. The average Bonchev–Trinajstić information content (AvgIpc) is 3.13. The third kappa shape index (κ3) is 3.58. The van der Waals surface area contributed by atoms with Crippen LogP contribution in [0.15, 0.2) is 41.5 Å². The Morgan fingerprint density at radius 2 is 2.14 bits per heavy atom. The lowest BCUT2D eigenvalue weighted by Crippen LogP contribution is -2.40. The van der Waals surface area contributed by atoms with Crippen LogP contribution in [0.3, 0.4) is 0 Å². The number of aryl methyl sites for hydroxylation is 2. The molecule has 1 N–H and O–H groups in total. The van der Waals surface area contributed by atoms with Crippen LogP contribution in [0.2, 0.25) is 0 Å². The molecule has 144 valence electrons. The molecule has 1 aliphatic heterocycles. The number of likely N-dealkylation sites (tertiary alicyclic amines) is 1. The van der Waals surface area contributed by atoms with Crippen molar-refractivity contribution < 1.29 is 4.79 Å². The van der Waals surface area contributed by atoms with Crippen LogP contribution in [0.1, 0.15) is 40.8 Å². The first-order valence-corrected chi connectivity index (χ1v) is 9.33. The number of carbonyl (C=O) groups excluding carboxylic acids is 1. The molecular weight excluding hydrogens is 356 g/mol. The van der Waals surface area contributed by atoms with Gasteiger partial charge in [-0.25, -0.2) is 15.0 Å². The van der Waals surface area contributed by atoms with Crippen molar-refractivity contribution in [2.75, 3.05) is 13.1 Å². The zero-order valence-corrected chi connectivity index (χ0v) is 15.9. The molecule has 0 aromatic carbocycles. The molecule has 3 aromatic rings. The van der Waals surface area contributed by atoms with E-state index in [0.29, 0.717) is 18.8 Å². The Balaban J connectivity index is 1.60. The van der Waals surface area contributed by atoms with Crippen LogP contribution in [0.5, 0.6) is 0 Å². The first-order valence-electron chi connectivity index (χ1n) is 9.33. The molecule has 4 rings (SSSR count). The first-order chi connectivity index (χ1) is 13.5. The Hall–Kier alpha value is -3.29. The second-order valence-corrected chi connectivity index (χ2v) is 7.13. The molecule has 0 unspecified atom stereocenters. The number of pyridine rings is 1. The standard InChI is InChI=1S/C20H22N6O2/c1-13-11-16(19-21-8-10-25(19)2)24-18(22-13)14-5-4-9-26(12-14)20(28)15-6-3-7-17(27)23-15/h3,6-8,10-11,14H,4-5,9,12H2,1-2H3,(H,23,27)/t14-/m0/s1. The number of imidazole rings is 1. The van der Waals surface area contributed by atoms with Crippen LogP contribution in [-0.2, 0) is 7.05 Å². The van der Waals surface area contributed by atoms with Gasteiger partial charge in [0, 0.05) is 50.2 Å². The van der Waals surface area contributed by atoms with E-state index in [2.05, 4.69) is 15.0 Å². The minimum absolute atomic E-state index is 0.0482. The van der Waals surface area contributed by atoms with Crippen LogP contribution in [0.25, 0.3) is 11.5 Å². The van der Waals surface area contributed by atoms with Gasteiger partial charge in [0.15, 0.2) is 5.82 Å². The van der Waals surface area contributed by atoms with Gasteiger partial charge in [-0.2, -0.15) is 0 Å². The predicted molar refractivity (Wildman–Crippen MR) is 104 cm³/mol. The molecule has 1 saturated heterocycles. The van der Waals surface area contributed by atoms with Crippen molar-refractivity contribution in [3.63, 3.8) is 0 Å². The van der Waals surface area contributed by atoms with Crippen molar-refractivity contribution in [1.82, 2.24) is 29.4 Å². The lowest BCUT2D eigenvalue weighted by Gasteiger charge is -2.32. The van der Waals surface area contributed by atoms with Gasteiger partial charge in [0.2, 0.25) is 5.56 Å². The average molecular weight is 378 g/mol. The maximum absolute atomic E-state index is 12.8. The quantitative estimate of drug-likeness (QED) is 0.751. The summed E-state index contributed by atoms with van der Waals surface area (Å²) in [7, 11) is 1.93. The molecule has 28 heavy (non-hydrogen) atoms. The number of hydrogen-bond acceptors (Lipinski definition) is 5. The van der Waals surface area contributed by atoms with Gasteiger partial charge in [0.25, 0.3) is 5.91 Å². The highest BCUT2D eigenvalue weighted by Crippen LogP contribution is 2.27. The second-order valence-electron chi connectivity index (χ2n) is 7.13. The van der Waals surface area contributed by atoms with E-state index in [1.54, 1.807) is 23.2 Å². The van der Waals surface area contributed by atoms with Crippen LogP contribution in [-0.4, -0.2) is 48.4 Å². The largest absolute Gasteiger partial charge is 0.337 e. The molecule has 1 aliphatic rings. The number of hydrogen-bond donors (Lipinski definition) is 1. The molecule has 1 amide bonds. The molecule has 8 nitrogen and oxygen atoms in total. The third-order valence-electron chi connectivity index (χ3n) is 4.99. The number of amides is 1. The Bertz CT molecular complexity index is 1070. The summed E-state index contributed by atoms with van der Waals surface area (Å²) in [6.45, 7) is 3.13. The fourth-order valence-corrected chi connectivity index (χ4v) is 3.62. The second kappa shape index (κ2) is 7.38. The van der Waals surface area contributed by atoms with E-state index in [0.717, 1.165) is 35.9 Å². The molecule has 0 spiro atoms. The topological polar surface area (TPSA) is 96.8 Å². The number of carbonyl (C=O) groups is 1. The first kappa shape index (κ1) is 18.1. The highest BCUT2D eigenvalue weighted by Gasteiger charge is 2.28. The Kier molecular flexibility index (Phi) is 4.77. The Labute approximate surface area is 162 Å². The Morgan fingerprint density at radius 1 is 1.29 bits per heavy atom. The van der Waals surface area contributed by atoms with Crippen molar-refractivity contribution in [2.24, 2.45) is 7.05 Å². The van der Waals surface area contributed by atoms with E-state index >= 15 is 0 Å². The molecule has 0 bridgehead atoms. The molecule has 3 aromatic heterocycles. The Morgan fingerprint density at radius 3 is 2.89 bits per heavy atom. The molecule has 0 saturated carbocycles. The lowest BCUT2D eigenvalue weighted by molar-refractivity contribution is 0.0698. The smallest absolute Gasteiger partial charge is 0.270 e. The van der Waals surface area contributed by atoms with Gasteiger partial charge in [-0.15, -0.1) is 0 Å². The monoisotopic (exact) mass is 378 g/mol. The number of aromatic nitrogens is 5. The minimum atomic E-state index is -0.277. The van der Waals surface area contributed by atoms with Gasteiger partial charge >= 0.3 is 0 Å². The number of nitrogens with zero attached hydrogens (tertiary/aromatic N) is 5. The van der Waals surface area contributed by atoms with Crippen LogP contribution in [0.4, 0.5) is 0 Å². The van der Waals surface area contributed by atoms with E-state index in [9.17, 15) is 9.59 Å². The van der Waals surface area contributed by atoms with E-state index in [-0.39, 0.29) is 17.4 Å². The summed E-state index contributed by atoms with van der Waals surface area (Å²) >= 11 is 0. The summed E-state index contributed by atoms with van der Waals surface area (Å²) in [5.74, 6) is 1.40. The number of rotatable bonds is 3. The van der Waals surface area contributed by atoms with Gasteiger partial charge in [-0.3, -0.25) is 9.59 Å². The minimum Gasteiger partial charge on any atom is -0.337 e. The van der Waals surface area contributed by atoms with Crippen molar-refractivity contribution >= 4 is 5.91 Å². The van der Waals surface area contributed by atoms with E-state index in [1.807, 2.05) is 30.8 Å². The van der Waals surface area contributed by atoms with Crippen LogP contribution in [0, 0.1) is 6.92 Å². The maximum Gasteiger partial charge on any atom is 0.270 e. The number of nitrogens with one attached hydrogen (secondary N) is 1. The van der Waals surface area contributed by atoms with Gasteiger partial charge in [0.1, 0.15) is 17.2 Å². The molecular formula is C20H22N6O2. The SMILES string of the molecule is Cc1cc(-c2nccn2C)nc([C@H]2CCCN(C(=O)c3cccc(=O)[nH]3)C2)n1. The maximum atomic E-state index is 12.8. The van der Waals surface area contributed by atoms with E-state index < -0.39 is 0 Å². The fourth-order valence-electron chi connectivity index (χ4n) is 3.62. The molecule has 0 radical (unpaired) electrons. The van der Waals surface area contributed by atoms with Crippen molar-refractivity contribution in [3.8, 4) is 11.5 Å². The van der Waals surface area contributed by atoms with Gasteiger partial charge < -0.3 is 14.5 Å². The van der Waals surface area contributed by atoms with Gasteiger partial charge in [-0.05, 0) is 31.9 Å². The summed E-state index contributed by atoms with van der Waals surface area (Å²) in [4.78, 5) is 42.5. The van der Waals surface area contributed by atoms with Gasteiger partial charge in [-0.1, -0.05) is 6.07 Å². The molecule has 1 fully saturated rings. The number of aromatic amines is 1. The van der Waals surface area contributed by atoms with Crippen molar-refractivity contribution in [2.45, 2.75) is 25.7 Å². The van der Waals surface area contributed by atoms with Crippen molar-refractivity contribution in [1.29, 1.82) is 0 Å². The number of piperidine rings is 1. The zero-order chi connectivity index (χ0) is 19.7. The predicted octanol–water partition coefficient (Wildman–Crippen LogP) is 1.89. The lowest BCUT2D eigenvalue weighted by atomic mass is 9.96. The normalized spacial score (nSPS) is 16.9. The molecule has 0 aliphatic carbocycles. The summed E-state index contributed by atoms with van der Waals surface area (Å²) in [5.41, 5.74) is 1.69. The molecule has 8 heteroatoms. The molecule has 4 heterocycles. The summed E-state index contributed by atoms with van der Waals surface area (Å²) in [5, 5.41) is 0. The van der Waals surface area contributed by atoms with Crippen LogP contribution < -0.4 is 5.56 Å². The summed E-state index contributed by atoms with van der Waals surface area (Å²) < 4.78 is 1.92. The fraction of sp³-hybridized carbons (Fsp3) is 0.350. The number of H-pyrrole nitrogens is 1. The summed E-state index contributed by atoms with van der Waals surface area (Å²) in [6.07, 6.45) is 5.41. The molecule has 1 atom stereocenters. The highest BCUT2D eigenvalue weighted by molar-refractivity contribution is 5.92. The van der Waals surface area contributed by atoms with Gasteiger partial charge in [0.05, 0.1) is 0 Å². The summed E-state index contributed by atoms with van der Waals surface area (Å²) in [6, 6.07) is 6.55. The van der Waals surface area contributed by atoms with Crippen molar-refractivity contribution in [3.05, 3.63) is 64.2 Å². The van der Waals surface area contributed by atoms with E-state index in [4.69, 9.17) is 4.98 Å². The zero-order valence-electron chi connectivity index (χ0n) is 15.9.